The van der Waals surface area contributed by atoms with Crippen LogP contribution >= 0.6 is 0 Å². The van der Waals surface area contributed by atoms with Crippen LogP contribution in [0.1, 0.15) is 33.3 Å². The summed E-state index contributed by atoms with van der Waals surface area (Å²) in [5.41, 5.74) is 7.49. The van der Waals surface area contributed by atoms with Crippen molar-refractivity contribution in [3.8, 4) is 11.5 Å². The van der Waals surface area contributed by atoms with Gasteiger partial charge in [0.2, 0.25) is 0 Å². The van der Waals surface area contributed by atoms with Gasteiger partial charge in [0.05, 0.1) is 13.7 Å². The van der Waals surface area contributed by atoms with Crippen LogP contribution in [0.5, 0.6) is 11.5 Å². The maximum atomic E-state index is 6.21. The van der Waals surface area contributed by atoms with Gasteiger partial charge in [0.1, 0.15) is 0 Å². The van der Waals surface area contributed by atoms with Crippen molar-refractivity contribution in [3.63, 3.8) is 0 Å². The van der Waals surface area contributed by atoms with E-state index in [1.165, 1.54) is 5.56 Å². The Bertz CT molecular complexity index is 383. The van der Waals surface area contributed by atoms with Gasteiger partial charge in [-0.15, -0.1) is 0 Å². The summed E-state index contributed by atoms with van der Waals surface area (Å²) in [6.45, 7) is 9.07. The second-order valence-corrected chi connectivity index (χ2v) is 5.59. The van der Waals surface area contributed by atoms with Gasteiger partial charge in [-0.05, 0) is 36.5 Å². The number of rotatable bonds is 5. The maximum absolute atomic E-state index is 6.21. The normalized spacial score (nSPS) is 13.2. The van der Waals surface area contributed by atoms with E-state index in [0.29, 0.717) is 6.61 Å². The Morgan fingerprint density at radius 2 is 1.89 bits per heavy atom. The molecule has 0 aliphatic rings. The van der Waals surface area contributed by atoms with Crippen LogP contribution in [0.2, 0.25) is 0 Å². The number of hydrogen-bond acceptors (Lipinski definition) is 3. The third kappa shape index (κ3) is 3.91. The highest BCUT2D eigenvalue weighted by molar-refractivity contribution is 5.43. The Kier molecular flexibility index (Phi) is 5.03. The highest BCUT2D eigenvalue weighted by Crippen LogP contribution is 2.29. The van der Waals surface area contributed by atoms with Crippen molar-refractivity contribution < 1.29 is 9.47 Å². The molecule has 102 valence electrons. The Balaban J connectivity index is 2.88. The lowest BCUT2D eigenvalue weighted by molar-refractivity contribution is 0.307. The Labute approximate surface area is 110 Å². The van der Waals surface area contributed by atoms with Gasteiger partial charge in [0, 0.05) is 6.04 Å². The average molecular weight is 251 g/mol. The Hall–Kier alpha value is -1.22. The molecule has 18 heavy (non-hydrogen) atoms. The number of nitrogens with two attached hydrogens (primary N) is 1. The quantitative estimate of drug-likeness (QED) is 0.875. The first-order chi connectivity index (χ1) is 8.38. The lowest BCUT2D eigenvalue weighted by atomic mass is 9.84. The molecule has 1 rings (SSSR count). The first-order valence-electron chi connectivity index (χ1n) is 6.43. The first kappa shape index (κ1) is 14.8. The standard InChI is InChI=1S/C15H25NO2/c1-6-18-13-9-11(7-8-12(13)17-5)10-14(16)15(2,3)4/h7-9,14H,6,10,16H2,1-5H3. The number of benzene rings is 1. The van der Waals surface area contributed by atoms with Crippen molar-refractivity contribution in [1.29, 1.82) is 0 Å². The molecule has 2 N–H and O–H groups in total. The maximum Gasteiger partial charge on any atom is 0.161 e. The van der Waals surface area contributed by atoms with Crippen molar-refractivity contribution in [2.45, 2.75) is 40.2 Å². The van der Waals surface area contributed by atoms with Crippen LogP contribution in [0, 0.1) is 5.41 Å². The minimum absolute atomic E-state index is 0.103. The van der Waals surface area contributed by atoms with Crippen molar-refractivity contribution in [2.75, 3.05) is 13.7 Å². The van der Waals surface area contributed by atoms with Gasteiger partial charge in [-0.1, -0.05) is 26.8 Å². The Morgan fingerprint density at radius 1 is 1.22 bits per heavy atom. The van der Waals surface area contributed by atoms with Gasteiger partial charge in [-0.25, -0.2) is 0 Å². The highest BCUT2D eigenvalue weighted by Gasteiger charge is 2.21. The van der Waals surface area contributed by atoms with Gasteiger partial charge in [0.15, 0.2) is 11.5 Å². The van der Waals surface area contributed by atoms with E-state index in [1.54, 1.807) is 7.11 Å². The first-order valence-corrected chi connectivity index (χ1v) is 6.43. The molecule has 0 amide bonds. The molecule has 1 atom stereocenters. The molecule has 0 bridgehead atoms. The van der Waals surface area contributed by atoms with E-state index in [2.05, 4.69) is 20.8 Å². The van der Waals surface area contributed by atoms with Gasteiger partial charge in [-0.3, -0.25) is 0 Å². The van der Waals surface area contributed by atoms with Crippen LogP contribution < -0.4 is 15.2 Å². The summed E-state index contributed by atoms with van der Waals surface area (Å²) >= 11 is 0. The van der Waals surface area contributed by atoms with E-state index in [1.807, 2.05) is 25.1 Å². The molecular weight excluding hydrogens is 226 g/mol. The zero-order valence-electron chi connectivity index (χ0n) is 12.1. The lowest BCUT2D eigenvalue weighted by Crippen LogP contribution is -2.36. The van der Waals surface area contributed by atoms with E-state index < -0.39 is 0 Å². The summed E-state index contributed by atoms with van der Waals surface area (Å²) in [6.07, 6.45) is 0.841. The zero-order valence-corrected chi connectivity index (χ0v) is 12.1. The fraction of sp³-hybridized carbons (Fsp3) is 0.600. The average Bonchev–Trinajstić information content (AvgIpc) is 2.28. The molecule has 0 radical (unpaired) electrons. The number of methoxy groups -OCH3 is 1. The highest BCUT2D eigenvalue weighted by atomic mass is 16.5. The SMILES string of the molecule is CCOc1cc(CC(N)C(C)(C)C)ccc1OC. The molecule has 0 fully saturated rings. The van der Waals surface area contributed by atoms with E-state index >= 15 is 0 Å². The molecule has 0 spiro atoms. The molecule has 0 saturated carbocycles. The van der Waals surface area contributed by atoms with Crippen LogP contribution in [0.4, 0.5) is 0 Å². The Morgan fingerprint density at radius 3 is 2.39 bits per heavy atom. The van der Waals surface area contributed by atoms with E-state index in [-0.39, 0.29) is 11.5 Å². The summed E-state index contributed by atoms with van der Waals surface area (Å²) in [6, 6.07) is 6.14. The summed E-state index contributed by atoms with van der Waals surface area (Å²) in [4.78, 5) is 0. The van der Waals surface area contributed by atoms with Crippen molar-refractivity contribution in [1.82, 2.24) is 0 Å². The predicted octanol–water partition coefficient (Wildman–Crippen LogP) is 3.01. The fourth-order valence-electron chi connectivity index (χ4n) is 1.68. The molecule has 1 aromatic carbocycles. The summed E-state index contributed by atoms with van der Waals surface area (Å²) in [7, 11) is 1.65. The second kappa shape index (κ2) is 6.10. The van der Waals surface area contributed by atoms with Crippen LogP contribution in [0.3, 0.4) is 0 Å². The molecule has 3 nitrogen and oxygen atoms in total. The molecule has 0 aliphatic heterocycles. The number of ether oxygens (including phenoxy) is 2. The summed E-state index contributed by atoms with van der Waals surface area (Å²) in [5, 5.41) is 0. The van der Waals surface area contributed by atoms with E-state index in [4.69, 9.17) is 15.2 Å². The smallest absolute Gasteiger partial charge is 0.161 e. The summed E-state index contributed by atoms with van der Waals surface area (Å²) in [5.74, 6) is 1.56. The minimum Gasteiger partial charge on any atom is -0.493 e. The molecule has 3 heteroatoms. The summed E-state index contributed by atoms with van der Waals surface area (Å²) < 4.78 is 10.8. The van der Waals surface area contributed by atoms with Gasteiger partial charge >= 0.3 is 0 Å². The topological polar surface area (TPSA) is 44.5 Å². The van der Waals surface area contributed by atoms with Crippen LogP contribution in [-0.4, -0.2) is 19.8 Å². The lowest BCUT2D eigenvalue weighted by Gasteiger charge is -2.27. The van der Waals surface area contributed by atoms with E-state index in [9.17, 15) is 0 Å². The molecule has 1 unspecified atom stereocenters. The molecule has 0 saturated heterocycles. The molecular formula is C15H25NO2. The molecule has 1 aromatic rings. The monoisotopic (exact) mass is 251 g/mol. The largest absolute Gasteiger partial charge is 0.493 e. The van der Waals surface area contributed by atoms with Crippen molar-refractivity contribution in [3.05, 3.63) is 23.8 Å². The van der Waals surface area contributed by atoms with Gasteiger partial charge in [0.25, 0.3) is 0 Å². The second-order valence-electron chi connectivity index (χ2n) is 5.59. The van der Waals surface area contributed by atoms with Gasteiger partial charge < -0.3 is 15.2 Å². The molecule has 0 heterocycles. The predicted molar refractivity (Wildman–Crippen MR) is 75.3 cm³/mol. The molecule has 0 aromatic heterocycles. The third-order valence-corrected chi connectivity index (χ3v) is 3.10. The van der Waals surface area contributed by atoms with Crippen molar-refractivity contribution >= 4 is 0 Å². The van der Waals surface area contributed by atoms with Crippen LogP contribution in [-0.2, 0) is 6.42 Å². The van der Waals surface area contributed by atoms with Crippen LogP contribution in [0.15, 0.2) is 18.2 Å². The van der Waals surface area contributed by atoms with Crippen LogP contribution in [0.25, 0.3) is 0 Å². The van der Waals surface area contributed by atoms with E-state index in [0.717, 1.165) is 17.9 Å². The fourth-order valence-corrected chi connectivity index (χ4v) is 1.68. The zero-order chi connectivity index (χ0) is 13.8. The van der Waals surface area contributed by atoms with Crippen molar-refractivity contribution in [2.24, 2.45) is 11.1 Å². The number of hydrogen-bond donors (Lipinski definition) is 1. The molecule has 0 aliphatic carbocycles. The van der Waals surface area contributed by atoms with Gasteiger partial charge in [-0.2, -0.15) is 0 Å². The third-order valence-electron chi connectivity index (χ3n) is 3.10. The minimum atomic E-state index is 0.103.